The fourth-order valence-electron chi connectivity index (χ4n) is 1.73. The second kappa shape index (κ2) is 6.27. The lowest BCUT2D eigenvalue weighted by molar-refractivity contribution is -0.153. The lowest BCUT2D eigenvalue weighted by Gasteiger charge is -2.13. The van der Waals surface area contributed by atoms with E-state index in [0.29, 0.717) is 30.0 Å². The molecule has 1 aliphatic rings. The van der Waals surface area contributed by atoms with E-state index in [1.165, 1.54) is 6.92 Å². The Bertz CT molecular complexity index is 514. The number of hydrogen-bond donors (Lipinski definition) is 1. The molecule has 20 heavy (non-hydrogen) atoms. The predicted molar refractivity (Wildman–Crippen MR) is 71.7 cm³/mol. The molecule has 1 N–H and O–H groups in total. The summed E-state index contributed by atoms with van der Waals surface area (Å²) in [6.07, 6.45) is 0.163. The van der Waals surface area contributed by atoms with Gasteiger partial charge in [-0.1, -0.05) is 6.92 Å². The van der Waals surface area contributed by atoms with Gasteiger partial charge in [0.15, 0.2) is 17.6 Å². The van der Waals surface area contributed by atoms with Crippen molar-refractivity contribution in [1.82, 2.24) is 0 Å². The third kappa shape index (κ3) is 3.40. The maximum Gasteiger partial charge on any atom is 0.306 e. The maximum atomic E-state index is 11.9. The third-order valence-electron chi connectivity index (χ3n) is 2.77. The van der Waals surface area contributed by atoms with Crippen molar-refractivity contribution in [1.29, 1.82) is 0 Å². The number of anilines is 1. The van der Waals surface area contributed by atoms with Crippen LogP contribution in [-0.4, -0.2) is 24.8 Å². The Hall–Kier alpha value is -2.24. The number of hydrogen-bond acceptors (Lipinski definition) is 5. The van der Waals surface area contributed by atoms with Gasteiger partial charge >= 0.3 is 5.97 Å². The monoisotopic (exact) mass is 279 g/mol. The summed E-state index contributed by atoms with van der Waals surface area (Å²) in [5.41, 5.74) is 0.567. The fraction of sp³-hybridized carbons (Fsp3) is 0.429. The van der Waals surface area contributed by atoms with Crippen LogP contribution in [0.25, 0.3) is 0 Å². The molecule has 1 atom stereocenters. The number of ether oxygens (including phenoxy) is 3. The molecule has 1 aliphatic heterocycles. The van der Waals surface area contributed by atoms with Crippen LogP contribution in [0, 0.1) is 0 Å². The standard InChI is InChI=1S/C14H17NO5/c1-3-4-13(16)20-9(2)14(17)15-10-5-6-11-12(7-10)19-8-18-11/h5-7,9H,3-4,8H2,1-2H3,(H,15,17)/t9-/m1/s1. The van der Waals surface area contributed by atoms with Crippen LogP contribution in [-0.2, 0) is 14.3 Å². The highest BCUT2D eigenvalue weighted by molar-refractivity contribution is 5.95. The molecule has 1 amide bonds. The Kier molecular flexibility index (Phi) is 4.45. The highest BCUT2D eigenvalue weighted by Gasteiger charge is 2.19. The molecule has 6 heteroatoms. The number of amides is 1. The molecule has 1 heterocycles. The van der Waals surface area contributed by atoms with Gasteiger partial charge in [-0.2, -0.15) is 0 Å². The summed E-state index contributed by atoms with van der Waals surface area (Å²) < 4.78 is 15.4. The normalized spacial score (nSPS) is 13.7. The average Bonchev–Trinajstić information content (AvgIpc) is 2.86. The molecule has 0 spiro atoms. The van der Waals surface area contributed by atoms with Crippen molar-refractivity contribution in [2.45, 2.75) is 32.8 Å². The number of carbonyl (C=O) groups excluding carboxylic acids is 2. The van der Waals surface area contributed by atoms with E-state index >= 15 is 0 Å². The van der Waals surface area contributed by atoms with Crippen LogP contribution in [0.4, 0.5) is 5.69 Å². The van der Waals surface area contributed by atoms with Crippen LogP contribution >= 0.6 is 0 Å². The Labute approximate surface area is 117 Å². The van der Waals surface area contributed by atoms with Gasteiger partial charge in [0.2, 0.25) is 6.79 Å². The summed E-state index contributed by atoms with van der Waals surface area (Å²) in [5.74, 6) is 0.470. The van der Waals surface area contributed by atoms with E-state index in [1.807, 2.05) is 6.92 Å². The number of carbonyl (C=O) groups is 2. The zero-order valence-electron chi connectivity index (χ0n) is 11.5. The van der Waals surface area contributed by atoms with Gasteiger partial charge in [-0.3, -0.25) is 9.59 Å². The average molecular weight is 279 g/mol. The first-order valence-corrected chi connectivity index (χ1v) is 6.50. The van der Waals surface area contributed by atoms with Gasteiger partial charge in [0.1, 0.15) is 0 Å². The molecule has 0 aliphatic carbocycles. The molecule has 0 saturated heterocycles. The summed E-state index contributed by atoms with van der Waals surface area (Å²) in [5, 5.41) is 2.67. The van der Waals surface area contributed by atoms with Gasteiger partial charge < -0.3 is 19.5 Å². The van der Waals surface area contributed by atoms with Crippen molar-refractivity contribution in [3.8, 4) is 11.5 Å². The highest BCUT2D eigenvalue weighted by atomic mass is 16.7. The van der Waals surface area contributed by atoms with Gasteiger partial charge in [-0.05, 0) is 25.5 Å². The molecule has 0 fully saturated rings. The zero-order chi connectivity index (χ0) is 14.5. The smallest absolute Gasteiger partial charge is 0.306 e. The number of rotatable bonds is 5. The molecule has 108 valence electrons. The van der Waals surface area contributed by atoms with E-state index in [1.54, 1.807) is 18.2 Å². The second-order valence-electron chi connectivity index (χ2n) is 4.44. The molecule has 2 rings (SSSR count). The van der Waals surface area contributed by atoms with E-state index in [0.717, 1.165) is 0 Å². The quantitative estimate of drug-likeness (QED) is 0.835. The van der Waals surface area contributed by atoms with Crippen LogP contribution in [0.2, 0.25) is 0 Å². The molecule has 0 unspecified atom stereocenters. The minimum atomic E-state index is -0.834. The largest absolute Gasteiger partial charge is 0.454 e. The van der Waals surface area contributed by atoms with Gasteiger partial charge in [0, 0.05) is 18.2 Å². The first-order chi connectivity index (χ1) is 9.60. The lowest BCUT2D eigenvalue weighted by atomic mass is 10.2. The van der Waals surface area contributed by atoms with Crippen LogP contribution in [0.5, 0.6) is 11.5 Å². The number of benzene rings is 1. The van der Waals surface area contributed by atoms with Crippen LogP contribution < -0.4 is 14.8 Å². The summed E-state index contributed by atoms with van der Waals surface area (Å²) >= 11 is 0. The number of esters is 1. The van der Waals surface area contributed by atoms with Gasteiger partial charge in [-0.15, -0.1) is 0 Å². The molecule has 6 nitrogen and oxygen atoms in total. The van der Waals surface area contributed by atoms with Gasteiger partial charge in [-0.25, -0.2) is 0 Å². The Morgan fingerprint density at radius 3 is 2.85 bits per heavy atom. The topological polar surface area (TPSA) is 73.9 Å². The molecule has 0 aromatic heterocycles. The van der Waals surface area contributed by atoms with E-state index < -0.39 is 6.10 Å². The van der Waals surface area contributed by atoms with Crippen molar-refractivity contribution in [2.75, 3.05) is 12.1 Å². The van der Waals surface area contributed by atoms with E-state index in [-0.39, 0.29) is 18.7 Å². The van der Waals surface area contributed by atoms with Crippen molar-refractivity contribution in [2.24, 2.45) is 0 Å². The number of fused-ring (bicyclic) bond motifs is 1. The molecule has 1 aromatic rings. The summed E-state index contributed by atoms with van der Waals surface area (Å²) in [4.78, 5) is 23.2. The summed E-state index contributed by atoms with van der Waals surface area (Å²) in [7, 11) is 0. The van der Waals surface area contributed by atoms with Crippen LogP contribution in [0.3, 0.4) is 0 Å². The first kappa shape index (κ1) is 14.2. The maximum absolute atomic E-state index is 11.9. The summed E-state index contributed by atoms with van der Waals surface area (Å²) in [6, 6.07) is 5.08. The van der Waals surface area contributed by atoms with E-state index in [4.69, 9.17) is 14.2 Å². The molecular formula is C14H17NO5. The molecule has 1 aromatic carbocycles. The SMILES string of the molecule is CCCC(=O)O[C@H](C)C(=O)Nc1ccc2c(c1)OCO2. The zero-order valence-corrected chi connectivity index (χ0v) is 11.5. The van der Waals surface area contributed by atoms with Gasteiger partial charge in [0.25, 0.3) is 5.91 Å². The third-order valence-corrected chi connectivity index (χ3v) is 2.77. The second-order valence-corrected chi connectivity index (χ2v) is 4.44. The van der Waals surface area contributed by atoms with Crippen molar-refractivity contribution < 1.29 is 23.8 Å². The van der Waals surface area contributed by atoms with Crippen molar-refractivity contribution in [3.05, 3.63) is 18.2 Å². The molecular weight excluding hydrogens is 262 g/mol. The first-order valence-electron chi connectivity index (χ1n) is 6.50. The molecule has 0 bridgehead atoms. The Balaban J connectivity index is 1.92. The Morgan fingerprint density at radius 1 is 1.35 bits per heavy atom. The van der Waals surface area contributed by atoms with E-state index in [9.17, 15) is 9.59 Å². The number of nitrogens with one attached hydrogen (secondary N) is 1. The Morgan fingerprint density at radius 2 is 2.10 bits per heavy atom. The minimum absolute atomic E-state index is 0.178. The lowest BCUT2D eigenvalue weighted by Crippen LogP contribution is -2.29. The fourth-order valence-corrected chi connectivity index (χ4v) is 1.73. The summed E-state index contributed by atoms with van der Waals surface area (Å²) in [6.45, 7) is 3.59. The van der Waals surface area contributed by atoms with Crippen LogP contribution in [0.1, 0.15) is 26.7 Å². The van der Waals surface area contributed by atoms with Crippen molar-refractivity contribution in [3.63, 3.8) is 0 Å². The van der Waals surface area contributed by atoms with E-state index in [2.05, 4.69) is 5.32 Å². The minimum Gasteiger partial charge on any atom is -0.454 e. The molecule has 0 saturated carbocycles. The van der Waals surface area contributed by atoms with Crippen LogP contribution in [0.15, 0.2) is 18.2 Å². The molecule has 0 radical (unpaired) electrons. The highest BCUT2D eigenvalue weighted by Crippen LogP contribution is 2.34. The predicted octanol–water partition coefficient (Wildman–Crippen LogP) is 2.09. The van der Waals surface area contributed by atoms with Gasteiger partial charge in [0.05, 0.1) is 0 Å². The van der Waals surface area contributed by atoms with Crippen molar-refractivity contribution >= 4 is 17.6 Å².